The monoisotopic (exact) mass is 86.0 g/mol. The summed E-state index contributed by atoms with van der Waals surface area (Å²) < 4.78 is 11.4. The molecule has 1 aliphatic rings. The molecule has 3 nitrogen and oxygen atoms in total. The highest BCUT2D eigenvalue weighted by Crippen LogP contribution is 1.99. The first kappa shape index (κ1) is 3.27. The van der Waals surface area contributed by atoms with E-state index in [-0.39, 0.29) is 0 Å². The van der Waals surface area contributed by atoms with Crippen molar-refractivity contribution in [1.82, 2.24) is 5.43 Å². The van der Waals surface area contributed by atoms with Gasteiger partial charge in [-0.3, -0.25) is 0 Å². The second-order valence-electron chi connectivity index (χ2n) is 0.757. The Labute approximate surface area is 33.5 Å². The molecule has 0 N–H and O–H groups in total. The van der Waals surface area contributed by atoms with E-state index in [1.54, 1.807) is 0 Å². The van der Waals surface area contributed by atoms with Crippen molar-refractivity contribution in [2.24, 2.45) is 10.3 Å². The van der Waals surface area contributed by atoms with Crippen LogP contribution in [-0.2, 0) is 0 Å². The van der Waals surface area contributed by atoms with Crippen molar-refractivity contribution in [2.45, 2.75) is 0 Å². The molecule has 1 radical (unpaired) electrons. The van der Waals surface area contributed by atoms with Crippen LogP contribution in [0.1, 0.15) is 0 Å². The fourth-order valence-electron chi connectivity index (χ4n) is 0.168. The summed E-state index contributed by atoms with van der Waals surface area (Å²) in [7, 11) is 0. The van der Waals surface area contributed by atoms with Gasteiger partial charge in [0.15, 0.2) is 0 Å². The summed E-state index contributed by atoms with van der Waals surface area (Å²) in [4.78, 5) is 0. The second-order valence-corrected chi connectivity index (χ2v) is 0.757. The van der Waals surface area contributed by atoms with Gasteiger partial charge in [0.05, 0.1) is 0 Å². The van der Waals surface area contributed by atoms with Gasteiger partial charge in [-0.25, -0.2) is 0 Å². The maximum absolute atomic E-state index is 11.4. The Bertz CT molecular complexity index is 105. The van der Waals surface area contributed by atoms with Crippen LogP contribution in [-0.4, -0.2) is 0 Å². The summed E-state index contributed by atoms with van der Waals surface area (Å²) in [5.74, 6) is -0.630. The number of rotatable bonds is 0. The van der Waals surface area contributed by atoms with E-state index < -0.39 is 5.95 Å². The molecule has 0 saturated carbocycles. The van der Waals surface area contributed by atoms with E-state index in [0.717, 1.165) is 6.20 Å². The standard InChI is InChI=1S/C2HFN3/c3-2-1-4-6-5-2/h1H. The summed E-state index contributed by atoms with van der Waals surface area (Å²) in [5, 5.41) is 6.03. The Balaban J connectivity index is 2.61. The minimum atomic E-state index is -0.630. The van der Waals surface area contributed by atoms with Crippen LogP contribution in [0.3, 0.4) is 0 Å². The normalized spacial score (nSPS) is 17.2. The van der Waals surface area contributed by atoms with E-state index in [1.165, 1.54) is 0 Å². The van der Waals surface area contributed by atoms with Crippen LogP contribution in [0.5, 0.6) is 0 Å². The van der Waals surface area contributed by atoms with Gasteiger partial charge >= 0.3 is 0 Å². The lowest BCUT2D eigenvalue weighted by Crippen LogP contribution is -1.79. The molecule has 0 fully saturated rings. The summed E-state index contributed by atoms with van der Waals surface area (Å²) in [6.07, 6.45) is 0.944. The lowest BCUT2D eigenvalue weighted by Gasteiger charge is -1.69. The van der Waals surface area contributed by atoms with E-state index in [1.807, 2.05) is 0 Å². The third-order valence-corrected chi connectivity index (χ3v) is 0.356. The van der Waals surface area contributed by atoms with Crippen molar-refractivity contribution in [1.29, 1.82) is 0 Å². The zero-order chi connectivity index (χ0) is 4.41. The van der Waals surface area contributed by atoms with E-state index in [0.29, 0.717) is 0 Å². The highest BCUT2D eigenvalue weighted by Gasteiger charge is 1.95. The Morgan fingerprint density at radius 3 is 2.67 bits per heavy atom. The molecule has 0 spiro atoms. The third-order valence-electron chi connectivity index (χ3n) is 0.356. The SMILES string of the molecule is FC1=CN=N[N]1. The number of nitrogens with zero attached hydrogens (tertiary/aromatic N) is 3. The Kier molecular flexibility index (Phi) is 0.567. The molecule has 1 aliphatic heterocycles. The maximum Gasteiger partial charge on any atom is 0.255 e. The predicted molar refractivity (Wildman–Crippen MR) is 16.2 cm³/mol. The molecule has 6 heavy (non-hydrogen) atoms. The molecule has 0 aliphatic carbocycles. The van der Waals surface area contributed by atoms with Gasteiger partial charge in [-0.05, 0) is 5.22 Å². The fraction of sp³-hybridized carbons (Fsp3) is 0. The van der Waals surface area contributed by atoms with Gasteiger partial charge in [0, 0.05) is 0 Å². The summed E-state index contributed by atoms with van der Waals surface area (Å²) in [5.41, 5.74) is 2.89. The molecule has 0 unspecified atom stereocenters. The lowest BCUT2D eigenvalue weighted by atomic mass is 10.9. The van der Waals surface area contributed by atoms with Crippen molar-refractivity contribution in [3.63, 3.8) is 0 Å². The summed E-state index contributed by atoms with van der Waals surface area (Å²) >= 11 is 0. The molecule has 1 heterocycles. The van der Waals surface area contributed by atoms with E-state index >= 15 is 0 Å². The van der Waals surface area contributed by atoms with E-state index in [4.69, 9.17) is 0 Å². The van der Waals surface area contributed by atoms with Gasteiger partial charge in [0.2, 0.25) is 0 Å². The van der Waals surface area contributed by atoms with Gasteiger partial charge in [-0.2, -0.15) is 4.39 Å². The van der Waals surface area contributed by atoms with Gasteiger partial charge in [0.1, 0.15) is 6.20 Å². The van der Waals surface area contributed by atoms with Crippen molar-refractivity contribution < 1.29 is 4.39 Å². The second kappa shape index (κ2) is 1.04. The Morgan fingerprint density at radius 2 is 2.50 bits per heavy atom. The largest absolute Gasteiger partial charge is 0.255 e. The lowest BCUT2D eigenvalue weighted by molar-refractivity contribution is 0.558. The molecule has 4 heteroatoms. The first-order chi connectivity index (χ1) is 2.89. The number of hydrogen-bond acceptors (Lipinski definition) is 2. The quantitative estimate of drug-likeness (QED) is 0.390. The molecule has 0 aromatic rings. The third kappa shape index (κ3) is 0.357. The Morgan fingerprint density at radius 1 is 1.67 bits per heavy atom. The van der Waals surface area contributed by atoms with Gasteiger partial charge in [0.25, 0.3) is 5.95 Å². The highest BCUT2D eigenvalue weighted by atomic mass is 19.1. The van der Waals surface area contributed by atoms with Gasteiger partial charge < -0.3 is 0 Å². The van der Waals surface area contributed by atoms with Crippen molar-refractivity contribution in [3.8, 4) is 0 Å². The average Bonchev–Trinajstić information content (AvgIpc) is 1.86. The predicted octanol–water partition coefficient (Wildman–Crippen LogP) is 0.740. The first-order valence-electron chi connectivity index (χ1n) is 1.36. The molecule has 0 amide bonds. The Hall–Kier alpha value is -0.930. The van der Waals surface area contributed by atoms with Crippen molar-refractivity contribution >= 4 is 0 Å². The number of halogens is 1. The first-order valence-corrected chi connectivity index (χ1v) is 1.36. The molecule has 0 saturated heterocycles. The minimum absolute atomic E-state index is 0.630. The summed E-state index contributed by atoms with van der Waals surface area (Å²) in [6.45, 7) is 0. The molecule has 1 rings (SSSR count). The van der Waals surface area contributed by atoms with Gasteiger partial charge in [-0.1, -0.05) is 5.43 Å². The summed E-state index contributed by atoms with van der Waals surface area (Å²) in [6, 6.07) is 0. The molecule has 0 aromatic carbocycles. The maximum atomic E-state index is 11.4. The molecule has 0 atom stereocenters. The zero-order valence-corrected chi connectivity index (χ0v) is 2.80. The van der Waals surface area contributed by atoms with E-state index in [2.05, 4.69) is 15.8 Å². The smallest absolute Gasteiger partial charge is 0.181 e. The van der Waals surface area contributed by atoms with Crippen LogP contribution in [0.15, 0.2) is 22.5 Å². The molecular weight excluding hydrogens is 85.0 g/mol. The van der Waals surface area contributed by atoms with Crippen molar-refractivity contribution in [3.05, 3.63) is 12.2 Å². The van der Waals surface area contributed by atoms with Crippen molar-refractivity contribution in [2.75, 3.05) is 0 Å². The van der Waals surface area contributed by atoms with E-state index in [9.17, 15) is 4.39 Å². The molecule has 0 aromatic heterocycles. The molecule has 0 bridgehead atoms. The van der Waals surface area contributed by atoms with Crippen LogP contribution >= 0.6 is 0 Å². The fourth-order valence-corrected chi connectivity index (χ4v) is 0.168. The average molecular weight is 86.0 g/mol. The minimum Gasteiger partial charge on any atom is -0.181 e. The highest BCUT2D eigenvalue weighted by molar-refractivity contribution is 4.87. The number of hydrogen-bond donors (Lipinski definition) is 0. The van der Waals surface area contributed by atoms with Crippen LogP contribution in [0.25, 0.3) is 0 Å². The van der Waals surface area contributed by atoms with Crippen LogP contribution in [0.2, 0.25) is 0 Å². The molecule has 31 valence electrons. The van der Waals surface area contributed by atoms with Crippen LogP contribution < -0.4 is 5.43 Å². The van der Waals surface area contributed by atoms with Crippen LogP contribution in [0.4, 0.5) is 4.39 Å². The zero-order valence-electron chi connectivity index (χ0n) is 2.80. The van der Waals surface area contributed by atoms with Crippen LogP contribution in [0, 0.1) is 0 Å². The topological polar surface area (TPSA) is 38.8 Å². The van der Waals surface area contributed by atoms with Gasteiger partial charge in [-0.15, -0.1) is 5.11 Å². The molecular formula is C2HFN3.